The Labute approximate surface area is 124 Å². The van der Waals surface area contributed by atoms with Gasteiger partial charge in [-0.2, -0.15) is 0 Å². The number of nitrogens with zero attached hydrogens (tertiary/aromatic N) is 2. The minimum atomic E-state index is 0.0466. The first-order valence-corrected chi connectivity index (χ1v) is 7.38. The van der Waals surface area contributed by atoms with Gasteiger partial charge in [-0.15, -0.1) is 0 Å². The Morgan fingerprint density at radius 1 is 1.24 bits per heavy atom. The molecule has 2 aromatic rings. The van der Waals surface area contributed by atoms with Crippen LogP contribution >= 0.6 is 0 Å². The largest absolute Gasteiger partial charge is 0.325 e. The van der Waals surface area contributed by atoms with Crippen LogP contribution in [0.1, 0.15) is 6.42 Å². The van der Waals surface area contributed by atoms with Crippen molar-refractivity contribution in [1.82, 2.24) is 15.2 Å². The maximum absolute atomic E-state index is 12.1. The van der Waals surface area contributed by atoms with Crippen molar-refractivity contribution in [2.45, 2.75) is 6.42 Å². The molecule has 0 spiro atoms. The molecule has 110 valence electrons. The fraction of sp³-hybridized carbons (Fsp3) is 0.375. The summed E-state index contributed by atoms with van der Waals surface area (Å²) in [4.78, 5) is 18.4. The van der Waals surface area contributed by atoms with Crippen molar-refractivity contribution in [3.8, 4) is 0 Å². The molecule has 0 saturated carbocycles. The Kier molecular flexibility index (Phi) is 4.43. The maximum atomic E-state index is 12.1. The van der Waals surface area contributed by atoms with E-state index in [1.54, 1.807) is 6.20 Å². The Morgan fingerprint density at radius 2 is 2.19 bits per heavy atom. The summed E-state index contributed by atoms with van der Waals surface area (Å²) in [5.41, 5.74) is 0.839. The molecule has 0 atom stereocenters. The van der Waals surface area contributed by atoms with Crippen LogP contribution in [0, 0.1) is 0 Å². The zero-order valence-electron chi connectivity index (χ0n) is 12.0. The van der Waals surface area contributed by atoms with Gasteiger partial charge in [0.1, 0.15) is 0 Å². The lowest BCUT2D eigenvalue weighted by atomic mass is 10.1. The molecule has 2 N–H and O–H groups in total. The minimum absolute atomic E-state index is 0.0466. The molecule has 2 heterocycles. The highest BCUT2D eigenvalue weighted by Gasteiger charge is 2.12. The zero-order chi connectivity index (χ0) is 14.5. The van der Waals surface area contributed by atoms with Crippen molar-refractivity contribution in [1.29, 1.82) is 0 Å². The summed E-state index contributed by atoms with van der Waals surface area (Å²) in [6.07, 6.45) is 4.68. The first kappa shape index (κ1) is 14.0. The van der Waals surface area contributed by atoms with E-state index in [1.807, 2.05) is 30.5 Å². The fourth-order valence-corrected chi connectivity index (χ4v) is 2.62. The molecule has 1 amide bonds. The second-order valence-corrected chi connectivity index (χ2v) is 5.37. The van der Waals surface area contributed by atoms with E-state index in [1.165, 1.54) is 0 Å². The van der Waals surface area contributed by atoms with Crippen molar-refractivity contribution in [3.05, 3.63) is 36.7 Å². The van der Waals surface area contributed by atoms with Gasteiger partial charge >= 0.3 is 0 Å². The number of hydrogen-bond acceptors (Lipinski definition) is 4. The summed E-state index contributed by atoms with van der Waals surface area (Å²) >= 11 is 0. The topological polar surface area (TPSA) is 57.3 Å². The van der Waals surface area contributed by atoms with Gasteiger partial charge in [-0.05, 0) is 43.1 Å². The Bertz CT molecular complexity index is 620. The Hall–Kier alpha value is -1.98. The standard InChI is InChI=1S/C16H20N4O/c21-16(12-20-8-1-5-17-7-9-20)19-15-3-2-14-11-18-6-4-13(14)10-15/h2-4,6,10-11,17H,1,5,7-9,12H2,(H,19,21). The number of rotatable bonds is 3. The highest BCUT2D eigenvalue weighted by atomic mass is 16.2. The van der Waals surface area contributed by atoms with Gasteiger partial charge in [0.25, 0.3) is 0 Å². The van der Waals surface area contributed by atoms with Gasteiger partial charge in [0.2, 0.25) is 5.91 Å². The van der Waals surface area contributed by atoms with Gasteiger partial charge < -0.3 is 10.6 Å². The molecular weight excluding hydrogens is 264 g/mol. The van der Waals surface area contributed by atoms with Crippen molar-refractivity contribution in [2.75, 3.05) is 38.0 Å². The third kappa shape index (κ3) is 3.77. The SMILES string of the molecule is O=C(CN1CCCNCC1)Nc1ccc2cnccc2c1. The number of aromatic nitrogens is 1. The highest BCUT2D eigenvalue weighted by molar-refractivity contribution is 5.95. The van der Waals surface area contributed by atoms with E-state index in [0.29, 0.717) is 6.54 Å². The first-order valence-electron chi connectivity index (χ1n) is 7.38. The van der Waals surface area contributed by atoms with Crippen LogP contribution in [0.5, 0.6) is 0 Å². The Balaban J connectivity index is 1.62. The van der Waals surface area contributed by atoms with Gasteiger partial charge in [-0.3, -0.25) is 14.7 Å². The highest BCUT2D eigenvalue weighted by Crippen LogP contribution is 2.17. The zero-order valence-corrected chi connectivity index (χ0v) is 12.0. The fourth-order valence-electron chi connectivity index (χ4n) is 2.62. The number of carbonyl (C=O) groups is 1. The summed E-state index contributed by atoms with van der Waals surface area (Å²) in [5, 5.41) is 8.48. The van der Waals surface area contributed by atoms with E-state index in [2.05, 4.69) is 20.5 Å². The van der Waals surface area contributed by atoms with Crippen LogP contribution in [0.15, 0.2) is 36.7 Å². The van der Waals surface area contributed by atoms with Gasteiger partial charge in [0, 0.05) is 36.6 Å². The van der Waals surface area contributed by atoms with Gasteiger partial charge in [0.05, 0.1) is 6.54 Å². The maximum Gasteiger partial charge on any atom is 0.238 e. The van der Waals surface area contributed by atoms with E-state index in [0.717, 1.165) is 49.1 Å². The lowest BCUT2D eigenvalue weighted by molar-refractivity contribution is -0.117. The molecule has 5 nitrogen and oxygen atoms in total. The van der Waals surface area contributed by atoms with E-state index < -0.39 is 0 Å². The average molecular weight is 284 g/mol. The summed E-state index contributed by atoms with van der Waals surface area (Å²) in [6, 6.07) is 7.84. The summed E-state index contributed by atoms with van der Waals surface area (Å²) in [5.74, 6) is 0.0466. The minimum Gasteiger partial charge on any atom is -0.325 e. The third-order valence-corrected chi connectivity index (χ3v) is 3.72. The molecule has 1 aliphatic rings. The molecule has 1 fully saturated rings. The van der Waals surface area contributed by atoms with Crippen molar-refractivity contribution in [3.63, 3.8) is 0 Å². The average Bonchev–Trinajstić information content (AvgIpc) is 2.75. The van der Waals surface area contributed by atoms with E-state index >= 15 is 0 Å². The molecule has 21 heavy (non-hydrogen) atoms. The van der Waals surface area contributed by atoms with Crippen LogP contribution in [-0.4, -0.2) is 48.5 Å². The molecular formula is C16H20N4O. The molecule has 3 rings (SSSR count). The van der Waals surface area contributed by atoms with E-state index in [4.69, 9.17) is 0 Å². The second-order valence-electron chi connectivity index (χ2n) is 5.37. The van der Waals surface area contributed by atoms with Gasteiger partial charge in [0.15, 0.2) is 0 Å². The van der Waals surface area contributed by atoms with Crippen LogP contribution in [-0.2, 0) is 4.79 Å². The number of carbonyl (C=O) groups excluding carboxylic acids is 1. The summed E-state index contributed by atoms with van der Waals surface area (Å²) in [7, 11) is 0. The molecule has 1 aromatic heterocycles. The molecule has 1 saturated heterocycles. The smallest absolute Gasteiger partial charge is 0.238 e. The molecule has 1 aromatic carbocycles. The van der Waals surface area contributed by atoms with Crippen LogP contribution in [0.4, 0.5) is 5.69 Å². The lowest BCUT2D eigenvalue weighted by Crippen LogP contribution is -2.35. The molecule has 1 aliphatic heterocycles. The molecule has 0 unspecified atom stereocenters. The number of fused-ring (bicyclic) bond motifs is 1. The summed E-state index contributed by atoms with van der Waals surface area (Å²) in [6.45, 7) is 4.35. The number of benzene rings is 1. The van der Waals surface area contributed by atoms with Gasteiger partial charge in [-0.25, -0.2) is 0 Å². The van der Waals surface area contributed by atoms with E-state index in [-0.39, 0.29) is 5.91 Å². The molecule has 5 heteroatoms. The molecule has 0 radical (unpaired) electrons. The summed E-state index contributed by atoms with van der Waals surface area (Å²) < 4.78 is 0. The first-order chi connectivity index (χ1) is 10.3. The van der Waals surface area contributed by atoms with Crippen LogP contribution < -0.4 is 10.6 Å². The number of hydrogen-bond donors (Lipinski definition) is 2. The number of amides is 1. The van der Waals surface area contributed by atoms with Crippen LogP contribution in [0.2, 0.25) is 0 Å². The molecule has 0 aliphatic carbocycles. The van der Waals surface area contributed by atoms with Crippen molar-refractivity contribution < 1.29 is 4.79 Å². The lowest BCUT2D eigenvalue weighted by Gasteiger charge is -2.18. The monoisotopic (exact) mass is 284 g/mol. The van der Waals surface area contributed by atoms with Crippen LogP contribution in [0.3, 0.4) is 0 Å². The second kappa shape index (κ2) is 6.65. The van der Waals surface area contributed by atoms with Crippen molar-refractivity contribution >= 4 is 22.4 Å². The van der Waals surface area contributed by atoms with Crippen LogP contribution in [0.25, 0.3) is 10.8 Å². The number of pyridine rings is 1. The quantitative estimate of drug-likeness (QED) is 0.896. The predicted molar refractivity (Wildman–Crippen MR) is 84.3 cm³/mol. The number of nitrogens with one attached hydrogen (secondary N) is 2. The normalized spacial score (nSPS) is 16.6. The molecule has 0 bridgehead atoms. The Morgan fingerprint density at radius 3 is 3.14 bits per heavy atom. The van der Waals surface area contributed by atoms with Gasteiger partial charge in [-0.1, -0.05) is 6.07 Å². The number of anilines is 1. The van der Waals surface area contributed by atoms with Crippen molar-refractivity contribution in [2.24, 2.45) is 0 Å². The predicted octanol–water partition coefficient (Wildman–Crippen LogP) is 1.47. The third-order valence-electron chi connectivity index (χ3n) is 3.72. The van der Waals surface area contributed by atoms with E-state index in [9.17, 15) is 4.79 Å².